The maximum Gasteiger partial charge on any atom is 0.336 e. The van der Waals surface area contributed by atoms with Gasteiger partial charge in [-0.1, -0.05) is 31.4 Å². The van der Waals surface area contributed by atoms with E-state index in [1.54, 1.807) is 26.0 Å². The maximum absolute atomic E-state index is 10.7. The summed E-state index contributed by atoms with van der Waals surface area (Å²) >= 11 is 0. The Bertz CT molecular complexity index is 309. The van der Waals surface area contributed by atoms with E-state index in [0.717, 1.165) is 0 Å². The normalized spacial score (nSPS) is 8.86. The lowest BCUT2D eigenvalue weighted by atomic mass is 9.89. The van der Waals surface area contributed by atoms with Gasteiger partial charge in [0.05, 0.1) is 5.56 Å². The fourth-order valence-electron chi connectivity index (χ4n) is 1.33. The van der Waals surface area contributed by atoms with Gasteiger partial charge in [0, 0.05) is 0 Å². The first-order valence-electron chi connectivity index (χ1n) is 4.62. The van der Waals surface area contributed by atoms with Crippen LogP contribution >= 0.6 is 0 Å². The number of hydrogen-bond acceptors (Lipinski definition) is 1. The Morgan fingerprint density at radius 1 is 1.21 bits per heavy atom. The molecule has 0 aliphatic carbocycles. The summed E-state index contributed by atoms with van der Waals surface area (Å²) in [6.45, 7) is 7.49. The van der Waals surface area contributed by atoms with E-state index < -0.39 is 5.97 Å². The third-order valence-electron chi connectivity index (χ3n) is 1.77. The molecule has 1 aromatic rings. The van der Waals surface area contributed by atoms with Crippen molar-refractivity contribution in [3.8, 4) is 0 Å². The number of aromatic carboxylic acids is 1. The van der Waals surface area contributed by atoms with Gasteiger partial charge in [-0.3, -0.25) is 0 Å². The van der Waals surface area contributed by atoms with Crippen LogP contribution in [0.25, 0.3) is 0 Å². The minimum absolute atomic E-state index is 0.351. The van der Waals surface area contributed by atoms with Crippen molar-refractivity contribution >= 4 is 19.3 Å². The second-order valence-corrected chi connectivity index (χ2v) is 2.83. The van der Waals surface area contributed by atoms with Crippen molar-refractivity contribution in [3.05, 3.63) is 28.8 Å². The number of hydrogen-bond donors (Lipinski definition) is 1. The van der Waals surface area contributed by atoms with Gasteiger partial charge in [0.2, 0.25) is 0 Å². The Kier molecular flexibility index (Phi) is 4.99. The molecule has 74 valence electrons. The molecule has 0 aliphatic heterocycles. The van der Waals surface area contributed by atoms with Gasteiger partial charge in [0.25, 0.3) is 0 Å². The predicted octanol–water partition coefficient (Wildman–Crippen LogP) is 1.82. The summed E-state index contributed by atoms with van der Waals surface area (Å²) in [7, 11) is 5.54. The molecule has 0 bridgehead atoms. The van der Waals surface area contributed by atoms with Crippen LogP contribution in [0.1, 0.15) is 35.3 Å². The van der Waals surface area contributed by atoms with Crippen molar-refractivity contribution in [2.24, 2.45) is 0 Å². The summed E-state index contributed by atoms with van der Waals surface area (Å²) < 4.78 is 0. The van der Waals surface area contributed by atoms with Crippen LogP contribution in [0.2, 0.25) is 0 Å². The molecule has 0 aromatic heterocycles. The number of carboxylic acids is 1. The summed E-state index contributed by atoms with van der Waals surface area (Å²) in [5, 5.41) is 8.80. The smallest absolute Gasteiger partial charge is 0.336 e. The van der Waals surface area contributed by atoms with Gasteiger partial charge in [-0.05, 0) is 25.0 Å². The molecular formula is C11H15BO2. The number of carboxylic acid groups (broad SMARTS) is 1. The summed E-state index contributed by atoms with van der Waals surface area (Å²) in [5.41, 5.74) is 2.37. The third kappa shape index (κ3) is 2.91. The van der Waals surface area contributed by atoms with Gasteiger partial charge in [-0.2, -0.15) is 0 Å². The lowest BCUT2D eigenvalue weighted by Gasteiger charge is -2.06. The molecule has 1 rings (SSSR count). The lowest BCUT2D eigenvalue weighted by Crippen LogP contribution is -2.10. The van der Waals surface area contributed by atoms with Gasteiger partial charge < -0.3 is 5.11 Å². The average Bonchev–Trinajstić information content (AvgIpc) is 2.04. The highest BCUT2D eigenvalue weighted by molar-refractivity contribution is 6.32. The molecule has 0 atom stereocenters. The SMILES string of the molecule is CC.[B]c1cc(C)c(C(=O)O)c(C)c1. The maximum atomic E-state index is 10.7. The zero-order chi connectivity index (χ0) is 11.3. The van der Waals surface area contributed by atoms with E-state index in [1.807, 2.05) is 13.8 Å². The van der Waals surface area contributed by atoms with Gasteiger partial charge in [-0.25, -0.2) is 4.79 Å². The van der Waals surface area contributed by atoms with Crippen LogP contribution < -0.4 is 5.46 Å². The molecule has 0 unspecified atom stereocenters. The highest BCUT2D eigenvalue weighted by Gasteiger charge is 2.09. The first kappa shape index (κ1) is 12.8. The summed E-state index contributed by atoms with van der Waals surface area (Å²) in [6, 6.07) is 3.33. The first-order chi connectivity index (χ1) is 6.52. The van der Waals surface area contributed by atoms with Gasteiger partial charge >= 0.3 is 5.97 Å². The van der Waals surface area contributed by atoms with E-state index >= 15 is 0 Å². The van der Waals surface area contributed by atoms with E-state index in [9.17, 15) is 4.79 Å². The molecule has 0 fully saturated rings. The summed E-state index contributed by atoms with van der Waals surface area (Å²) in [4.78, 5) is 10.7. The average molecular weight is 190 g/mol. The Hall–Kier alpha value is -1.25. The zero-order valence-electron chi connectivity index (χ0n) is 9.09. The third-order valence-corrected chi connectivity index (χ3v) is 1.77. The summed E-state index contributed by atoms with van der Waals surface area (Å²) in [5.74, 6) is -0.898. The van der Waals surface area contributed by atoms with E-state index in [-0.39, 0.29) is 0 Å². The van der Waals surface area contributed by atoms with Crippen LogP contribution in [0.15, 0.2) is 12.1 Å². The number of aryl methyl sites for hydroxylation is 2. The van der Waals surface area contributed by atoms with E-state index in [2.05, 4.69) is 0 Å². The molecule has 0 saturated heterocycles. The topological polar surface area (TPSA) is 37.3 Å². The van der Waals surface area contributed by atoms with E-state index in [0.29, 0.717) is 22.2 Å². The molecule has 0 amide bonds. The van der Waals surface area contributed by atoms with Gasteiger partial charge in [-0.15, -0.1) is 0 Å². The molecule has 2 radical (unpaired) electrons. The Morgan fingerprint density at radius 2 is 1.57 bits per heavy atom. The molecule has 3 heteroatoms. The molecule has 14 heavy (non-hydrogen) atoms. The van der Waals surface area contributed by atoms with Crippen molar-refractivity contribution in [2.45, 2.75) is 27.7 Å². The fourth-order valence-corrected chi connectivity index (χ4v) is 1.33. The minimum Gasteiger partial charge on any atom is -0.478 e. The van der Waals surface area contributed by atoms with E-state index in [1.165, 1.54) is 0 Å². The number of carbonyl (C=O) groups is 1. The summed E-state index contributed by atoms with van der Waals surface area (Å²) in [6.07, 6.45) is 0. The van der Waals surface area contributed by atoms with E-state index in [4.69, 9.17) is 13.0 Å². The highest BCUT2D eigenvalue weighted by Crippen LogP contribution is 2.10. The van der Waals surface area contributed by atoms with Crippen molar-refractivity contribution in [2.75, 3.05) is 0 Å². The predicted molar refractivity (Wildman–Crippen MR) is 59.6 cm³/mol. The Balaban J connectivity index is 0.000000791. The van der Waals surface area contributed by atoms with Crippen molar-refractivity contribution in [1.29, 1.82) is 0 Å². The molecule has 1 aromatic carbocycles. The highest BCUT2D eigenvalue weighted by atomic mass is 16.4. The second kappa shape index (κ2) is 5.48. The monoisotopic (exact) mass is 190 g/mol. The number of benzene rings is 1. The largest absolute Gasteiger partial charge is 0.478 e. The second-order valence-electron chi connectivity index (χ2n) is 2.83. The first-order valence-corrected chi connectivity index (χ1v) is 4.62. The van der Waals surface area contributed by atoms with Crippen LogP contribution in [-0.4, -0.2) is 18.9 Å². The minimum atomic E-state index is -0.898. The molecular weight excluding hydrogens is 175 g/mol. The van der Waals surface area contributed by atoms with Crippen LogP contribution in [-0.2, 0) is 0 Å². The lowest BCUT2D eigenvalue weighted by molar-refractivity contribution is 0.0695. The molecule has 1 N–H and O–H groups in total. The van der Waals surface area contributed by atoms with Gasteiger partial charge in [0.1, 0.15) is 7.85 Å². The quantitative estimate of drug-likeness (QED) is 0.685. The van der Waals surface area contributed by atoms with Crippen LogP contribution in [0.5, 0.6) is 0 Å². The Labute approximate surface area is 86.4 Å². The fraction of sp³-hybridized carbons (Fsp3) is 0.364. The van der Waals surface area contributed by atoms with Crippen molar-refractivity contribution in [3.63, 3.8) is 0 Å². The molecule has 0 saturated carbocycles. The molecule has 0 aliphatic rings. The van der Waals surface area contributed by atoms with Crippen molar-refractivity contribution < 1.29 is 9.90 Å². The molecule has 0 spiro atoms. The van der Waals surface area contributed by atoms with Gasteiger partial charge in [0.15, 0.2) is 0 Å². The number of rotatable bonds is 1. The van der Waals surface area contributed by atoms with Crippen LogP contribution in [0, 0.1) is 13.8 Å². The standard InChI is InChI=1S/C9H9BO2.C2H6/c1-5-3-7(10)4-6(2)8(5)9(11)12;1-2/h3-4H,1-2H3,(H,11,12);1-2H3. The van der Waals surface area contributed by atoms with Crippen molar-refractivity contribution in [1.82, 2.24) is 0 Å². The zero-order valence-corrected chi connectivity index (χ0v) is 9.09. The molecule has 0 heterocycles. The van der Waals surface area contributed by atoms with Crippen LogP contribution in [0.4, 0.5) is 0 Å². The molecule has 2 nitrogen and oxygen atoms in total. The van der Waals surface area contributed by atoms with Crippen LogP contribution in [0.3, 0.4) is 0 Å². The Morgan fingerprint density at radius 3 is 1.86 bits per heavy atom.